The van der Waals surface area contributed by atoms with Gasteiger partial charge in [0.05, 0.1) is 26.9 Å². The van der Waals surface area contributed by atoms with Crippen molar-refractivity contribution in [3.63, 3.8) is 0 Å². The van der Waals surface area contributed by atoms with E-state index in [2.05, 4.69) is 10.6 Å². The van der Waals surface area contributed by atoms with Crippen molar-refractivity contribution in [1.82, 2.24) is 20.4 Å². The molecule has 0 bridgehead atoms. The van der Waals surface area contributed by atoms with Crippen molar-refractivity contribution in [3.8, 4) is 23.0 Å². The molecule has 5 amide bonds. The second kappa shape index (κ2) is 25.0. The van der Waals surface area contributed by atoms with Gasteiger partial charge in [0.2, 0.25) is 17.6 Å². The Bertz CT molecular complexity index is 2210. The summed E-state index contributed by atoms with van der Waals surface area (Å²) in [7, 11) is 4.73. The fraction of sp³-hybridized carbons (Fsp3) is 0.519. The van der Waals surface area contributed by atoms with E-state index in [9.17, 15) is 33.6 Å². The summed E-state index contributed by atoms with van der Waals surface area (Å²) < 4.78 is 22.8. The molecular weight excluding hydrogens is 857 g/mol. The van der Waals surface area contributed by atoms with Gasteiger partial charge in [0, 0.05) is 44.0 Å². The van der Waals surface area contributed by atoms with E-state index in [0.29, 0.717) is 80.4 Å². The maximum atomic E-state index is 14.2. The van der Waals surface area contributed by atoms with Crippen LogP contribution in [0.1, 0.15) is 125 Å². The lowest BCUT2D eigenvalue weighted by Gasteiger charge is -2.36. The summed E-state index contributed by atoms with van der Waals surface area (Å²) in [4.78, 5) is 93.3. The van der Waals surface area contributed by atoms with E-state index in [1.165, 1.54) is 9.80 Å². The average Bonchev–Trinajstić information content (AvgIpc) is 3.34. The Balaban J connectivity index is 1.08. The number of benzene rings is 3. The number of ether oxygens (including phenoxy) is 4. The third-order valence-corrected chi connectivity index (χ3v) is 13.0. The molecule has 2 aliphatic heterocycles. The van der Waals surface area contributed by atoms with Gasteiger partial charge in [-0.25, -0.2) is 0 Å². The number of methoxy groups -OCH3 is 2. The highest BCUT2D eigenvalue weighted by molar-refractivity contribution is 6.38. The zero-order valence-electron chi connectivity index (χ0n) is 40.0. The minimum atomic E-state index is -0.815. The monoisotopic (exact) mass is 924 g/mol. The molecule has 2 heterocycles. The summed E-state index contributed by atoms with van der Waals surface area (Å²) in [6.45, 7) is 6.60. The van der Waals surface area contributed by atoms with E-state index in [4.69, 9.17) is 18.9 Å². The molecule has 5 rings (SSSR count). The predicted octanol–water partition coefficient (Wildman–Crippen LogP) is 6.78. The highest BCUT2D eigenvalue weighted by atomic mass is 16.5. The van der Waals surface area contributed by atoms with Crippen LogP contribution < -0.4 is 29.6 Å². The van der Waals surface area contributed by atoms with Crippen molar-refractivity contribution in [1.29, 1.82) is 0 Å². The molecule has 0 aliphatic carbocycles. The number of hydrogen-bond acceptors (Lipinski definition) is 11. The Hall–Kier alpha value is -6.25. The largest absolute Gasteiger partial charge is 0.494 e. The molecule has 0 saturated carbocycles. The minimum absolute atomic E-state index is 0.0792. The van der Waals surface area contributed by atoms with Crippen LogP contribution in [0, 0.1) is 5.41 Å². The molecule has 2 unspecified atom stereocenters. The number of amides is 5. The molecule has 3 aromatic rings. The van der Waals surface area contributed by atoms with Crippen LogP contribution in [0.5, 0.6) is 23.0 Å². The molecule has 15 heteroatoms. The van der Waals surface area contributed by atoms with Crippen LogP contribution >= 0.6 is 0 Å². The van der Waals surface area contributed by atoms with Crippen molar-refractivity contribution in [2.24, 2.45) is 5.41 Å². The van der Waals surface area contributed by atoms with Crippen LogP contribution in [-0.4, -0.2) is 111 Å². The Morgan fingerprint density at radius 1 is 0.866 bits per heavy atom. The van der Waals surface area contributed by atoms with Crippen LogP contribution in [0.15, 0.2) is 66.7 Å². The number of aryl methyl sites for hydroxylation is 1. The van der Waals surface area contributed by atoms with Gasteiger partial charge in [-0.2, -0.15) is 0 Å². The molecule has 2 aliphatic rings. The first-order chi connectivity index (χ1) is 32.1. The number of nitrogens with zero attached hydrogens (tertiary/aromatic N) is 2. The summed E-state index contributed by atoms with van der Waals surface area (Å²) in [5, 5.41) is 5.20. The molecule has 0 radical (unpaired) electrons. The van der Waals surface area contributed by atoms with Crippen LogP contribution in [-0.2, 0) is 35.2 Å². The number of carbonyl (C=O) groups is 7. The molecular formula is C52H68N4O11. The third kappa shape index (κ3) is 14.6. The maximum absolute atomic E-state index is 14.2. The molecule has 0 spiro atoms. The lowest BCUT2D eigenvalue weighted by atomic mass is 9.82. The standard InChI is InChI=1S/C52H68N4O11/c1-7-52(2,3)48(60)51(63)56-29-12-10-17-41(56)43(57)33-38(20-18-35-19-26-44(64-5)45(31-35)65-6)37-15-14-16-40(32-37)67-34-47(59)53-28-11-8-9-13-30-66-39-23-21-36(22-24-39)50(62)55(4)42-25-27-46(58)54-49(42)61/h14-16,19,21-24,26,31-32,38,41-42H,7-13,17-18,20,25,27-30,33-34H2,1-6H3,(H,53,59)(H,54,58,61)/t38-,41?,42?/m0/s1. The number of nitrogens with one attached hydrogen (secondary N) is 2. The first-order valence-electron chi connectivity index (χ1n) is 23.6. The zero-order valence-corrected chi connectivity index (χ0v) is 40.0. The quantitative estimate of drug-likeness (QED) is 0.0519. The van der Waals surface area contributed by atoms with Gasteiger partial charge in [-0.1, -0.05) is 51.8 Å². The second-order valence-electron chi connectivity index (χ2n) is 18.1. The van der Waals surface area contributed by atoms with E-state index in [-0.39, 0.29) is 48.9 Å². The number of imide groups is 1. The summed E-state index contributed by atoms with van der Waals surface area (Å²) in [5.74, 6) is -0.377. The molecule has 362 valence electrons. The van der Waals surface area contributed by atoms with Gasteiger partial charge in [-0.15, -0.1) is 0 Å². The smallest absolute Gasteiger partial charge is 0.291 e. The van der Waals surface area contributed by atoms with E-state index < -0.39 is 35.1 Å². The van der Waals surface area contributed by atoms with Crippen LogP contribution in [0.25, 0.3) is 0 Å². The average molecular weight is 925 g/mol. The number of hydrogen-bond donors (Lipinski definition) is 2. The summed E-state index contributed by atoms with van der Waals surface area (Å²) in [6.07, 6.45) is 7.80. The number of likely N-dealkylation sites (N-methyl/N-ethyl adjacent to an activating group) is 1. The topological polar surface area (TPSA) is 187 Å². The van der Waals surface area contributed by atoms with Crippen LogP contribution in [0.3, 0.4) is 0 Å². The molecule has 2 N–H and O–H groups in total. The predicted molar refractivity (Wildman–Crippen MR) is 252 cm³/mol. The van der Waals surface area contributed by atoms with Gasteiger partial charge in [-0.3, -0.25) is 38.9 Å². The van der Waals surface area contributed by atoms with Gasteiger partial charge in [-0.05, 0) is 123 Å². The van der Waals surface area contributed by atoms with Crippen molar-refractivity contribution in [3.05, 3.63) is 83.4 Å². The van der Waals surface area contributed by atoms with Gasteiger partial charge in [0.25, 0.3) is 17.7 Å². The minimum Gasteiger partial charge on any atom is -0.494 e. The van der Waals surface area contributed by atoms with Crippen LogP contribution in [0.4, 0.5) is 0 Å². The SMILES string of the molecule is CCC(C)(C)C(=O)C(=O)N1CCCCC1C(=O)C[C@H](CCc1ccc(OC)c(OC)c1)c1cccc(OCC(=O)NCCCCCCOc2ccc(C(=O)N(C)C3CCC(=O)NC3=O)cc2)c1. The molecule has 3 aromatic carbocycles. The van der Waals surface area contributed by atoms with Crippen molar-refractivity contribution in [2.45, 2.75) is 122 Å². The van der Waals surface area contributed by atoms with Gasteiger partial charge >= 0.3 is 0 Å². The summed E-state index contributed by atoms with van der Waals surface area (Å²) in [6, 6.07) is 18.6. The van der Waals surface area contributed by atoms with E-state index >= 15 is 0 Å². The Morgan fingerprint density at radius 3 is 2.33 bits per heavy atom. The number of Topliss-reactive ketones (excluding diaryl/α,β-unsaturated/α-hetero) is 2. The summed E-state index contributed by atoms with van der Waals surface area (Å²) >= 11 is 0. The third-order valence-electron chi connectivity index (χ3n) is 13.0. The van der Waals surface area contributed by atoms with Gasteiger partial charge in [0.1, 0.15) is 17.5 Å². The fourth-order valence-corrected chi connectivity index (χ4v) is 8.38. The lowest BCUT2D eigenvalue weighted by molar-refractivity contribution is -0.153. The van der Waals surface area contributed by atoms with Crippen molar-refractivity contribution < 1.29 is 52.5 Å². The number of ketones is 2. The molecule has 0 aromatic heterocycles. The number of piperidine rings is 2. The first kappa shape index (κ1) is 51.7. The van der Waals surface area contributed by atoms with E-state index in [0.717, 1.165) is 49.7 Å². The molecule has 2 saturated heterocycles. The number of rotatable bonds is 25. The number of unbranched alkanes of at least 4 members (excludes halogenated alkanes) is 3. The van der Waals surface area contributed by atoms with Gasteiger partial charge < -0.3 is 34.1 Å². The molecule has 15 nitrogen and oxygen atoms in total. The molecule has 67 heavy (non-hydrogen) atoms. The van der Waals surface area contributed by atoms with Gasteiger partial charge in [0.15, 0.2) is 23.9 Å². The highest BCUT2D eigenvalue weighted by Gasteiger charge is 2.40. The Morgan fingerprint density at radius 2 is 1.61 bits per heavy atom. The zero-order chi connectivity index (χ0) is 48.5. The summed E-state index contributed by atoms with van der Waals surface area (Å²) in [5.41, 5.74) is 1.48. The Labute approximate surface area is 394 Å². The van der Waals surface area contributed by atoms with E-state index in [1.807, 2.05) is 43.3 Å². The molecule has 3 atom stereocenters. The highest BCUT2D eigenvalue weighted by Crippen LogP contribution is 2.34. The Kier molecular flexibility index (Phi) is 19.3. The lowest BCUT2D eigenvalue weighted by Crippen LogP contribution is -2.52. The number of carbonyl (C=O) groups excluding carboxylic acids is 7. The maximum Gasteiger partial charge on any atom is 0.291 e. The van der Waals surface area contributed by atoms with Crippen LogP contribution in [0.2, 0.25) is 0 Å². The van der Waals surface area contributed by atoms with E-state index in [1.54, 1.807) is 65.4 Å². The van der Waals surface area contributed by atoms with Crippen molar-refractivity contribution in [2.75, 3.05) is 47.6 Å². The second-order valence-corrected chi connectivity index (χ2v) is 18.1. The number of likely N-dealkylation sites (tertiary alicyclic amines) is 1. The normalized spacial score (nSPS) is 16.6. The fourth-order valence-electron chi connectivity index (χ4n) is 8.38. The molecule has 2 fully saturated rings. The first-order valence-corrected chi connectivity index (χ1v) is 23.6. The van der Waals surface area contributed by atoms with Crippen molar-refractivity contribution >= 4 is 41.1 Å².